The number of fused-ring (bicyclic) bond motifs is 1. The monoisotopic (exact) mass is 246 g/mol. The number of nitrogens with one attached hydrogen (secondary N) is 1. The Labute approximate surface area is 106 Å². The van der Waals surface area contributed by atoms with Crippen LogP contribution in [0.3, 0.4) is 0 Å². The molecule has 2 heterocycles. The lowest BCUT2D eigenvalue weighted by molar-refractivity contribution is 0.260. The van der Waals surface area contributed by atoms with Crippen molar-refractivity contribution in [2.24, 2.45) is 11.8 Å². The van der Waals surface area contributed by atoms with Crippen LogP contribution >= 0.6 is 0 Å². The highest BCUT2D eigenvalue weighted by Gasteiger charge is 2.24. The molecule has 2 aromatic heterocycles. The van der Waals surface area contributed by atoms with Gasteiger partial charge in [0.05, 0.1) is 12.4 Å². The smallest absolute Gasteiger partial charge is 0.199 e. The van der Waals surface area contributed by atoms with Crippen LogP contribution in [0.2, 0.25) is 0 Å². The van der Waals surface area contributed by atoms with Crippen LogP contribution in [-0.4, -0.2) is 31.1 Å². The van der Waals surface area contributed by atoms with E-state index in [0.29, 0.717) is 11.7 Å². The van der Waals surface area contributed by atoms with Crippen LogP contribution < -0.4 is 5.32 Å². The lowest BCUT2D eigenvalue weighted by Gasteiger charge is -2.32. The summed E-state index contributed by atoms with van der Waals surface area (Å²) >= 11 is 0. The number of nitrogens with zero attached hydrogens (tertiary/aromatic N) is 5. The Hall–Kier alpha value is -1.72. The summed E-state index contributed by atoms with van der Waals surface area (Å²) < 4.78 is 1.70. The molecule has 3 unspecified atom stereocenters. The van der Waals surface area contributed by atoms with Crippen LogP contribution in [0.4, 0.5) is 5.82 Å². The van der Waals surface area contributed by atoms with Crippen LogP contribution in [-0.2, 0) is 0 Å². The molecule has 0 radical (unpaired) electrons. The van der Waals surface area contributed by atoms with Gasteiger partial charge in [-0.15, -0.1) is 5.10 Å². The van der Waals surface area contributed by atoms with Gasteiger partial charge in [0.15, 0.2) is 11.5 Å². The molecule has 96 valence electrons. The average Bonchev–Trinajstić information content (AvgIpc) is 2.83. The molecule has 3 atom stereocenters. The Morgan fingerprint density at radius 3 is 2.94 bits per heavy atom. The minimum absolute atomic E-state index is 0.493. The molecule has 0 saturated heterocycles. The van der Waals surface area contributed by atoms with Gasteiger partial charge in [-0.2, -0.15) is 4.52 Å². The average molecular weight is 246 g/mol. The fourth-order valence-corrected chi connectivity index (χ4v) is 2.66. The molecule has 0 aromatic carbocycles. The van der Waals surface area contributed by atoms with Gasteiger partial charge in [-0.3, -0.25) is 4.98 Å². The van der Waals surface area contributed by atoms with Gasteiger partial charge in [0.1, 0.15) is 0 Å². The van der Waals surface area contributed by atoms with Crippen LogP contribution in [0.1, 0.15) is 33.1 Å². The highest BCUT2D eigenvalue weighted by atomic mass is 15.5. The molecule has 6 heteroatoms. The highest BCUT2D eigenvalue weighted by Crippen LogP contribution is 2.30. The molecule has 6 nitrogen and oxygen atoms in total. The molecular weight excluding hydrogens is 228 g/mol. The molecule has 3 rings (SSSR count). The van der Waals surface area contributed by atoms with Gasteiger partial charge < -0.3 is 5.32 Å². The summed E-state index contributed by atoms with van der Waals surface area (Å²) in [4.78, 5) is 4.16. The Balaban J connectivity index is 1.78. The summed E-state index contributed by atoms with van der Waals surface area (Å²) in [5.74, 6) is 2.46. The first-order valence-electron chi connectivity index (χ1n) is 6.52. The maximum absolute atomic E-state index is 4.16. The predicted molar refractivity (Wildman–Crippen MR) is 68.2 cm³/mol. The first-order valence-corrected chi connectivity index (χ1v) is 6.52. The van der Waals surface area contributed by atoms with E-state index in [1.165, 1.54) is 19.3 Å². The standard InChI is InChI=1S/C12H18N6/c1-8-3-4-10(5-9(8)2)14-11-6-13-7-12-15-16-17-18(11)12/h6-10,14H,3-5H2,1-2H3. The summed E-state index contributed by atoms with van der Waals surface area (Å²) in [7, 11) is 0. The molecule has 1 N–H and O–H groups in total. The maximum atomic E-state index is 4.16. The van der Waals surface area contributed by atoms with Crippen molar-refractivity contribution in [1.82, 2.24) is 25.0 Å². The third-order valence-corrected chi connectivity index (χ3v) is 4.06. The normalized spacial score (nSPS) is 28.4. The van der Waals surface area contributed by atoms with E-state index in [2.05, 4.69) is 39.7 Å². The van der Waals surface area contributed by atoms with Gasteiger partial charge in [-0.25, -0.2) is 0 Å². The molecule has 1 saturated carbocycles. The number of aromatic nitrogens is 5. The summed E-state index contributed by atoms with van der Waals surface area (Å²) in [5, 5.41) is 15.1. The lowest BCUT2D eigenvalue weighted by Crippen LogP contribution is -2.31. The van der Waals surface area contributed by atoms with E-state index >= 15 is 0 Å². The van der Waals surface area contributed by atoms with E-state index in [1.807, 2.05) is 0 Å². The third kappa shape index (κ3) is 2.02. The van der Waals surface area contributed by atoms with Gasteiger partial charge in [-0.05, 0) is 41.5 Å². The zero-order valence-electron chi connectivity index (χ0n) is 10.7. The van der Waals surface area contributed by atoms with Gasteiger partial charge in [-0.1, -0.05) is 13.8 Å². The van der Waals surface area contributed by atoms with E-state index in [4.69, 9.17) is 0 Å². The minimum atomic E-state index is 0.493. The third-order valence-electron chi connectivity index (χ3n) is 4.06. The van der Waals surface area contributed by atoms with E-state index in [-0.39, 0.29) is 0 Å². The van der Waals surface area contributed by atoms with E-state index in [0.717, 1.165) is 17.7 Å². The maximum Gasteiger partial charge on any atom is 0.199 e. The molecule has 0 spiro atoms. The first kappa shape index (κ1) is 11.4. The van der Waals surface area contributed by atoms with Crippen LogP contribution in [0, 0.1) is 11.8 Å². The number of rotatable bonds is 2. The van der Waals surface area contributed by atoms with Crippen LogP contribution in [0.5, 0.6) is 0 Å². The van der Waals surface area contributed by atoms with Crippen molar-refractivity contribution in [3.05, 3.63) is 12.4 Å². The Morgan fingerprint density at radius 2 is 2.11 bits per heavy atom. The second-order valence-electron chi connectivity index (χ2n) is 5.35. The number of anilines is 1. The van der Waals surface area contributed by atoms with Crippen LogP contribution in [0.15, 0.2) is 12.4 Å². The molecular formula is C12H18N6. The van der Waals surface area contributed by atoms with Gasteiger partial charge >= 0.3 is 0 Å². The van der Waals surface area contributed by atoms with E-state index < -0.39 is 0 Å². The van der Waals surface area contributed by atoms with Gasteiger partial charge in [0.25, 0.3) is 0 Å². The zero-order valence-corrected chi connectivity index (χ0v) is 10.7. The quantitative estimate of drug-likeness (QED) is 0.874. The van der Waals surface area contributed by atoms with E-state index in [9.17, 15) is 0 Å². The predicted octanol–water partition coefficient (Wildman–Crippen LogP) is 1.76. The molecule has 2 aromatic rings. The molecule has 0 aliphatic heterocycles. The SMILES string of the molecule is CC1CCC(Nc2cncc3nnnn23)CC1C. The van der Waals surface area contributed by atoms with Crippen molar-refractivity contribution in [2.75, 3.05) is 5.32 Å². The molecule has 18 heavy (non-hydrogen) atoms. The molecule has 0 bridgehead atoms. The molecule has 1 fully saturated rings. The lowest BCUT2D eigenvalue weighted by atomic mass is 9.79. The second-order valence-corrected chi connectivity index (χ2v) is 5.35. The molecule has 1 aliphatic carbocycles. The number of hydrogen-bond acceptors (Lipinski definition) is 5. The van der Waals surface area contributed by atoms with Gasteiger partial charge in [0.2, 0.25) is 0 Å². The fourth-order valence-electron chi connectivity index (χ4n) is 2.66. The van der Waals surface area contributed by atoms with Crippen molar-refractivity contribution in [2.45, 2.75) is 39.2 Å². The Morgan fingerprint density at radius 1 is 1.22 bits per heavy atom. The van der Waals surface area contributed by atoms with Crippen molar-refractivity contribution in [3.8, 4) is 0 Å². The largest absolute Gasteiger partial charge is 0.366 e. The summed E-state index contributed by atoms with van der Waals surface area (Å²) in [5.41, 5.74) is 0.678. The highest BCUT2D eigenvalue weighted by molar-refractivity contribution is 5.44. The Bertz CT molecular complexity index is 536. The first-order chi connectivity index (χ1) is 8.74. The Kier molecular flexibility index (Phi) is 2.85. The molecule has 1 aliphatic rings. The number of hydrogen-bond donors (Lipinski definition) is 1. The zero-order chi connectivity index (χ0) is 12.5. The van der Waals surface area contributed by atoms with Crippen molar-refractivity contribution in [3.63, 3.8) is 0 Å². The summed E-state index contributed by atoms with van der Waals surface area (Å²) in [6.45, 7) is 4.67. The summed E-state index contributed by atoms with van der Waals surface area (Å²) in [6, 6.07) is 0.493. The topological polar surface area (TPSA) is 68.0 Å². The van der Waals surface area contributed by atoms with Crippen molar-refractivity contribution >= 4 is 11.5 Å². The van der Waals surface area contributed by atoms with Crippen molar-refractivity contribution < 1.29 is 0 Å². The molecule has 0 amide bonds. The fraction of sp³-hybridized carbons (Fsp3) is 0.667. The second kappa shape index (κ2) is 4.51. The minimum Gasteiger partial charge on any atom is -0.366 e. The van der Waals surface area contributed by atoms with Crippen LogP contribution in [0.25, 0.3) is 5.65 Å². The summed E-state index contributed by atoms with van der Waals surface area (Å²) in [6.07, 6.45) is 7.12. The van der Waals surface area contributed by atoms with Gasteiger partial charge in [0, 0.05) is 6.04 Å². The number of tetrazole rings is 1. The van der Waals surface area contributed by atoms with Crippen molar-refractivity contribution in [1.29, 1.82) is 0 Å². The van der Waals surface area contributed by atoms with E-state index in [1.54, 1.807) is 16.9 Å².